The van der Waals surface area contributed by atoms with Crippen LogP contribution in [0.15, 0.2) is 27.8 Å². The highest BCUT2D eigenvalue weighted by atomic mass is 35.5. The van der Waals surface area contributed by atoms with Gasteiger partial charge in [0, 0.05) is 5.02 Å². The number of nitrogens with one attached hydrogen (secondary N) is 1. The molecule has 0 radical (unpaired) electrons. The van der Waals surface area contributed by atoms with E-state index in [-0.39, 0.29) is 11.2 Å². The molecule has 2 aromatic rings. The molecule has 2 rings (SSSR count). The van der Waals surface area contributed by atoms with Crippen molar-refractivity contribution in [3.05, 3.63) is 34.7 Å². The van der Waals surface area contributed by atoms with Gasteiger partial charge in [0.05, 0.1) is 22.3 Å². The molecule has 0 aliphatic carbocycles. The van der Waals surface area contributed by atoms with Crippen LogP contribution in [-0.2, 0) is 4.79 Å². The molecule has 1 atom stereocenters. The van der Waals surface area contributed by atoms with Crippen LogP contribution in [0.2, 0.25) is 5.02 Å². The number of aryl methyl sites for hydroxylation is 2. The lowest BCUT2D eigenvalue weighted by Crippen LogP contribution is -2.22. The van der Waals surface area contributed by atoms with E-state index in [0.717, 1.165) is 11.5 Å². The smallest absolute Gasteiger partial charge is 0.256 e. The minimum absolute atomic E-state index is 0.178. The maximum absolute atomic E-state index is 12.2. The van der Waals surface area contributed by atoms with Crippen LogP contribution in [0.1, 0.15) is 18.4 Å². The molecule has 0 aliphatic heterocycles. The molecule has 1 unspecified atom stereocenters. The number of amides is 1. The van der Waals surface area contributed by atoms with Gasteiger partial charge in [-0.2, -0.15) is 0 Å². The van der Waals surface area contributed by atoms with Crippen molar-refractivity contribution in [2.24, 2.45) is 0 Å². The third kappa shape index (κ3) is 3.92. The van der Waals surface area contributed by atoms with Crippen LogP contribution in [0.4, 0.5) is 11.4 Å². The predicted octanol–water partition coefficient (Wildman–Crippen LogP) is 3.65. The number of oxazole rings is 1. The van der Waals surface area contributed by atoms with E-state index in [0.29, 0.717) is 21.6 Å². The Morgan fingerprint density at radius 2 is 2.19 bits per heavy atom. The highest BCUT2D eigenvalue weighted by Crippen LogP contribution is 2.27. The first kappa shape index (κ1) is 15.7. The first-order chi connectivity index (χ1) is 9.86. The Labute approximate surface area is 132 Å². The maximum atomic E-state index is 12.2. The lowest BCUT2D eigenvalue weighted by Gasteiger charge is -2.12. The summed E-state index contributed by atoms with van der Waals surface area (Å²) in [5, 5.41) is 3.41. The van der Waals surface area contributed by atoms with Gasteiger partial charge in [-0.05, 0) is 39.0 Å². The largest absolute Gasteiger partial charge is 0.437 e. The monoisotopic (exact) mass is 325 g/mol. The molecule has 0 spiro atoms. The highest BCUT2D eigenvalue weighted by molar-refractivity contribution is 8.00. The molecule has 7 heteroatoms. The maximum Gasteiger partial charge on any atom is 0.256 e. The second-order valence-electron chi connectivity index (χ2n) is 4.60. The van der Waals surface area contributed by atoms with Gasteiger partial charge in [0.1, 0.15) is 5.76 Å². The normalized spacial score (nSPS) is 12.2. The van der Waals surface area contributed by atoms with Crippen molar-refractivity contribution in [3.8, 4) is 0 Å². The van der Waals surface area contributed by atoms with Crippen LogP contribution in [0.25, 0.3) is 0 Å². The number of hydrogen-bond donors (Lipinski definition) is 2. The minimum Gasteiger partial charge on any atom is -0.437 e. The second kappa shape index (κ2) is 6.41. The minimum atomic E-state index is -0.363. The number of carbonyl (C=O) groups is 1. The quantitative estimate of drug-likeness (QED) is 0.662. The Balaban J connectivity index is 2.02. The van der Waals surface area contributed by atoms with Gasteiger partial charge in [0.25, 0.3) is 5.22 Å². The third-order valence-electron chi connectivity index (χ3n) is 2.93. The summed E-state index contributed by atoms with van der Waals surface area (Å²) in [4.78, 5) is 16.4. The lowest BCUT2D eigenvalue weighted by atomic mass is 10.2. The number of rotatable bonds is 4. The molecule has 112 valence electrons. The Morgan fingerprint density at radius 1 is 1.48 bits per heavy atom. The molecular formula is C14H16ClN3O2S. The standard InChI is InChI=1S/C14H16ClN3O2S/c1-7-8(2)20-14(17-7)21-9(3)13(19)18-12-5-4-10(15)6-11(12)16/h4-6,9H,16H2,1-3H3,(H,18,19). The SMILES string of the molecule is Cc1nc(SC(C)C(=O)Nc2ccc(Cl)cc2N)oc1C. The van der Waals surface area contributed by atoms with Gasteiger partial charge in [-0.15, -0.1) is 0 Å². The fourth-order valence-corrected chi connectivity index (χ4v) is 2.59. The Bertz CT molecular complexity index is 653. The number of nitrogens with zero attached hydrogens (tertiary/aromatic N) is 1. The van der Waals surface area contributed by atoms with Crippen LogP contribution in [0.5, 0.6) is 0 Å². The molecule has 21 heavy (non-hydrogen) atoms. The van der Waals surface area contributed by atoms with Crippen LogP contribution in [-0.4, -0.2) is 16.1 Å². The van der Waals surface area contributed by atoms with E-state index in [4.69, 9.17) is 21.8 Å². The van der Waals surface area contributed by atoms with E-state index in [9.17, 15) is 4.79 Å². The second-order valence-corrected chi connectivity index (χ2v) is 6.33. The van der Waals surface area contributed by atoms with E-state index in [1.54, 1.807) is 25.1 Å². The van der Waals surface area contributed by atoms with Gasteiger partial charge >= 0.3 is 0 Å². The summed E-state index contributed by atoms with van der Waals surface area (Å²) < 4.78 is 5.45. The molecular weight excluding hydrogens is 310 g/mol. The predicted molar refractivity (Wildman–Crippen MR) is 85.8 cm³/mol. The zero-order chi connectivity index (χ0) is 15.6. The summed E-state index contributed by atoms with van der Waals surface area (Å²) in [6.07, 6.45) is 0. The van der Waals surface area contributed by atoms with E-state index < -0.39 is 0 Å². The number of benzene rings is 1. The summed E-state index contributed by atoms with van der Waals surface area (Å²) in [6.45, 7) is 5.48. The molecule has 0 saturated heterocycles. The number of anilines is 2. The number of aromatic nitrogens is 1. The van der Waals surface area contributed by atoms with E-state index >= 15 is 0 Å². The summed E-state index contributed by atoms with van der Waals surface area (Å²) >= 11 is 7.08. The highest BCUT2D eigenvalue weighted by Gasteiger charge is 2.19. The van der Waals surface area contributed by atoms with Crippen LogP contribution in [0.3, 0.4) is 0 Å². The van der Waals surface area contributed by atoms with Crippen molar-refractivity contribution in [1.29, 1.82) is 0 Å². The summed E-state index contributed by atoms with van der Waals surface area (Å²) in [7, 11) is 0. The molecule has 1 heterocycles. The van der Waals surface area contributed by atoms with Gasteiger partial charge < -0.3 is 15.5 Å². The number of carbonyl (C=O) groups excluding carboxylic acids is 1. The van der Waals surface area contributed by atoms with E-state index in [2.05, 4.69) is 10.3 Å². The van der Waals surface area contributed by atoms with Gasteiger partial charge in [-0.25, -0.2) is 4.98 Å². The fraction of sp³-hybridized carbons (Fsp3) is 0.286. The van der Waals surface area contributed by atoms with E-state index in [1.807, 2.05) is 13.8 Å². The van der Waals surface area contributed by atoms with Crippen LogP contribution >= 0.6 is 23.4 Å². The zero-order valence-corrected chi connectivity index (χ0v) is 13.5. The molecule has 0 bridgehead atoms. The van der Waals surface area contributed by atoms with Gasteiger partial charge in [0.15, 0.2) is 0 Å². The third-order valence-corrected chi connectivity index (χ3v) is 4.11. The Hall–Kier alpha value is -1.66. The molecule has 0 aliphatic rings. The molecule has 5 nitrogen and oxygen atoms in total. The van der Waals surface area contributed by atoms with E-state index in [1.165, 1.54) is 11.8 Å². The fourth-order valence-electron chi connectivity index (χ4n) is 1.58. The average Bonchev–Trinajstić information content (AvgIpc) is 2.71. The van der Waals surface area contributed by atoms with Gasteiger partial charge in [-0.1, -0.05) is 23.4 Å². The average molecular weight is 326 g/mol. The molecule has 0 saturated carbocycles. The van der Waals surface area contributed by atoms with Crippen molar-refractivity contribution in [1.82, 2.24) is 4.98 Å². The molecule has 0 fully saturated rings. The molecule has 1 aromatic carbocycles. The number of nitrogens with two attached hydrogens (primary N) is 1. The van der Waals surface area contributed by atoms with Crippen molar-refractivity contribution >= 4 is 40.6 Å². The first-order valence-corrected chi connectivity index (χ1v) is 7.59. The summed E-state index contributed by atoms with van der Waals surface area (Å²) in [5.74, 6) is 0.578. The molecule has 1 aromatic heterocycles. The van der Waals surface area contributed by atoms with Crippen LogP contribution in [0, 0.1) is 13.8 Å². The van der Waals surface area contributed by atoms with Crippen LogP contribution < -0.4 is 11.1 Å². The van der Waals surface area contributed by atoms with Crippen molar-refractivity contribution in [2.45, 2.75) is 31.2 Å². The zero-order valence-electron chi connectivity index (χ0n) is 11.9. The van der Waals surface area contributed by atoms with Crippen molar-refractivity contribution in [2.75, 3.05) is 11.1 Å². The first-order valence-electron chi connectivity index (χ1n) is 6.33. The van der Waals surface area contributed by atoms with Crippen molar-refractivity contribution in [3.63, 3.8) is 0 Å². The summed E-state index contributed by atoms with van der Waals surface area (Å²) in [5.41, 5.74) is 7.60. The topological polar surface area (TPSA) is 81.2 Å². The Morgan fingerprint density at radius 3 is 2.76 bits per heavy atom. The number of halogens is 1. The number of thioether (sulfide) groups is 1. The molecule has 1 amide bonds. The molecule has 3 N–H and O–H groups in total. The lowest BCUT2D eigenvalue weighted by molar-refractivity contribution is -0.115. The Kier molecular flexibility index (Phi) is 4.80. The van der Waals surface area contributed by atoms with Gasteiger partial charge in [-0.3, -0.25) is 4.79 Å². The van der Waals surface area contributed by atoms with Gasteiger partial charge in [0.2, 0.25) is 5.91 Å². The van der Waals surface area contributed by atoms with Crippen molar-refractivity contribution < 1.29 is 9.21 Å². The number of nitrogen functional groups attached to an aromatic ring is 1. The number of hydrogen-bond acceptors (Lipinski definition) is 5. The summed E-state index contributed by atoms with van der Waals surface area (Å²) in [6, 6.07) is 4.94.